The van der Waals surface area contributed by atoms with E-state index in [-0.39, 0.29) is 26.1 Å². The fourth-order valence-corrected chi connectivity index (χ4v) is 5.81. The number of carbonyl (C=O) groups excluding carboxylic acids is 2. The van der Waals surface area contributed by atoms with Gasteiger partial charge in [-0.1, -0.05) is 125 Å². The number of carbonyl (C=O) groups is 2. The normalized spacial score (nSPS) is 14.5. The number of phosphoric ester groups is 1. The monoisotopic (exact) mass is 805 g/mol. The summed E-state index contributed by atoms with van der Waals surface area (Å²) in [5.74, 6) is -0.881. The Balaban J connectivity index is 4.51. The fraction of sp³-hybridized carbons (Fsp3) is 0.652. The van der Waals surface area contributed by atoms with E-state index in [1.165, 1.54) is 19.3 Å². The minimum absolute atomic E-state index is 0.0153. The number of quaternary nitrogens is 1. The van der Waals surface area contributed by atoms with E-state index in [4.69, 9.17) is 18.5 Å². The van der Waals surface area contributed by atoms with Crippen molar-refractivity contribution in [2.75, 3.05) is 47.5 Å². The van der Waals surface area contributed by atoms with E-state index in [1.807, 2.05) is 21.1 Å². The van der Waals surface area contributed by atoms with Gasteiger partial charge in [0.2, 0.25) is 0 Å². The van der Waals surface area contributed by atoms with E-state index >= 15 is 0 Å². The van der Waals surface area contributed by atoms with Gasteiger partial charge in [0.05, 0.1) is 27.7 Å². The number of hydrogen-bond acceptors (Lipinski definition) is 7. The zero-order valence-electron chi connectivity index (χ0n) is 35.8. The van der Waals surface area contributed by atoms with Crippen molar-refractivity contribution >= 4 is 19.8 Å². The number of hydrogen-bond donors (Lipinski definition) is 1. The zero-order chi connectivity index (χ0) is 41.4. The van der Waals surface area contributed by atoms with E-state index < -0.39 is 32.5 Å². The summed E-state index contributed by atoms with van der Waals surface area (Å²) < 4.78 is 34.2. The zero-order valence-corrected chi connectivity index (χ0v) is 36.7. The van der Waals surface area contributed by atoms with Gasteiger partial charge < -0.3 is 18.9 Å². The molecule has 320 valence electrons. The standard InChI is InChI=1S/C46H78NO8P/c1-6-8-10-12-14-16-18-20-22-23-25-26-28-30-32-34-36-38-45(48)52-42-44(43-54-56(50,51)53-41-40-47(3,4)5)55-46(49)39-37-35-33-31-29-27-24-21-19-17-15-13-11-9-7-2/h8,10,14-17,20-22,24-26,29,31,44H,6-7,9,11-13,18-19,23,27-28,30,32-43H2,1-5H3/p+1/b10-8-,16-14-,17-15-,22-20-,24-21-,26-25-,31-29-/t44-/m1/s1. The molecular formula is C46H79NO8P+. The first-order valence-corrected chi connectivity index (χ1v) is 22.8. The number of phosphoric acid groups is 1. The van der Waals surface area contributed by atoms with Crippen LogP contribution in [0.1, 0.15) is 142 Å². The van der Waals surface area contributed by atoms with Crippen LogP contribution in [0.5, 0.6) is 0 Å². The minimum Gasteiger partial charge on any atom is -0.462 e. The van der Waals surface area contributed by atoms with Gasteiger partial charge in [0.1, 0.15) is 19.8 Å². The van der Waals surface area contributed by atoms with Crippen molar-refractivity contribution in [3.8, 4) is 0 Å². The molecule has 0 aromatic heterocycles. The Morgan fingerprint density at radius 3 is 1.54 bits per heavy atom. The molecule has 0 aromatic rings. The van der Waals surface area contributed by atoms with E-state index in [0.717, 1.165) is 83.5 Å². The summed E-state index contributed by atoms with van der Waals surface area (Å²) in [5, 5.41) is 0. The summed E-state index contributed by atoms with van der Waals surface area (Å²) in [5.41, 5.74) is 0. The highest BCUT2D eigenvalue weighted by Gasteiger charge is 2.27. The van der Waals surface area contributed by atoms with Crippen molar-refractivity contribution in [2.45, 2.75) is 148 Å². The third-order valence-corrected chi connectivity index (χ3v) is 9.39. The lowest BCUT2D eigenvalue weighted by Crippen LogP contribution is -2.37. The predicted molar refractivity (Wildman–Crippen MR) is 233 cm³/mol. The molecule has 1 N–H and O–H groups in total. The molecular weight excluding hydrogens is 725 g/mol. The highest BCUT2D eigenvalue weighted by Crippen LogP contribution is 2.43. The minimum atomic E-state index is -4.39. The van der Waals surface area contributed by atoms with Crippen LogP contribution in [0.4, 0.5) is 0 Å². The Bertz CT molecular complexity index is 1230. The van der Waals surface area contributed by atoms with Crippen LogP contribution in [-0.4, -0.2) is 74.9 Å². The van der Waals surface area contributed by atoms with Gasteiger partial charge in [-0.15, -0.1) is 0 Å². The summed E-state index contributed by atoms with van der Waals surface area (Å²) in [6.45, 7) is 4.17. The van der Waals surface area contributed by atoms with Gasteiger partial charge in [-0.25, -0.2) is 4.57 Å². The molecule has 0 heterocycles. The molecule has 0 saturated heterocycles. The molecule has 0 spiro atoms. The van der Waals surface area contributed by atoms with Crippen LogP contribution < -0.4 is 0 Å². The fourth-order valence-electron chi connectivity index (χ4n) is 5.07. The van der Waals surface area contributed by atoms with Crippen molar-refractivity contribution in [3.05, 3.63) is 85.1 Å². The third-order valence-electron chi connectivity index (χ3n) is 8.41. The lowest BCUT2D eigenvalue weighted by atomic mass is 10.1. The molecule has 2 atom stereocenters. The average molecular weight is 805 g/mol. The number of esters is 2. The smallest absolute Gasteiger partial charge is 0.462 e. The molecule has 9 nitrogen and oxygen atoms in total. The van der Waals surface area contributed by atoms with Crippen LogP contribution in [0.2, 0.25) is 0 Å². The van der Waals surface area contributed by atoms with E-state index in [9.17, 15) is 19.0 Å². The van der Waals surface area contributed by atoms with Crippen LogP contribution >= 0.6 is 7.82 Å². The van der Waals surface area contributed by atoms with E-state index in [1.54, 1.807) is 0 Å². The van der Waals surface area contributed by atoms with Gasteiger partial charge in [0.25, 0.3) is 0 Å². The average Bonchev–Trinajstić information content (AvgIpc) is 3.15. The van der Waals surface area contributed by atoms with Gasteiger partial charge in [0.15, 0.2) is 6.10 Å². The van der Waals surface area contributed by atoms with Crippen molar-refractivity contribution in [1.29, 1.82) is 0 Å². The van der Waals surface area contributed by atoms with E-state index in [0.29, 0.717) is 23.9 Å². The van der Waals surface area contributed by atoms with Crippen LogP contribution in [0.25, 0.3) is 0 Å². The van der Waals surface area contributed by atoms with Gasteiger partial charge in [-0.3, -0.25) is 18.6 Å². The molecule has 0 rings (SSSR count). The maximum atomic E-state index is 12.7. The molecule has 0 aromatic carbocycles. The molecule has 0 amide bonds. The van der Waals surface area contributed by atoms with Gasteiger partial charge in [-0.05, 0) is 89.9 Å². The summed E-state index contributed by atoms with van der Waals surface area (Å²) >= 11 is 0. The van der Waals surface area contributed by atoms with Crippen LogP contribution in [0.15, 0.2) is 85.1 Å². The number of unbranched alkanes of at least 4 members (excludes halogenated alkanes) is 9. The SMILES string of the molecule is CC/C=C\C/C=C\C/C=C\C/C=C\CCCCCCC(=O)OC[C@H](COP(=O)(O)OCC[N+](C)(C)C)OC(=O)CCCC/C=C\C/C=C\C/C=C\CCCCC. The first-order valence-electron chi connectivity index (χ1n) is 21.3. The van der Waals surface area contributed by atoms with Gasteiger partial charge >= 0.3 is 19.8 Å². The third kappa shape index (κ3) is 40.8. The van der Waals surface area contributed by atoms with Crippen LogP contribution in [0, 0.1) is 0 Å². The summed E-state index contributed by atoms with van der Waals surface area (Å²) in [6.07, 6.45) is 47.8. The molecule has 0 bridgehead atoms. The lowest BCUT2D eigenvalue weighted by molar-refractivity contribution is -0.870. The number of allylic oxidation sites excluding steroid dienone is 14. The number of likely N-dealkylation sites (N-methyl/N-ethyl adjacent to an activating group) is 1. The van der Waals surface area contributed by atoms with Crippen LogP contribution in [-0.2, 0) is 32.7 Å². The molecule has 56 heavy (non-hydrogen) atoms. The van der Waals surface area contributed by atoms with Gasteiger partial charge in [-0.2, -0.15) is 0 Å². The Labute approximate surface area is 341 Å². The number of ether oxygens (including phenoxy) is 2. The van der Waals surface area contributed by atoms with Crippen molar-refractivity contribution in [2.24, 2.45) is 0 Å². The first-order chi connectivity index (χ1) is 27.0. The molecule has 0 aliphatic heterocycles. The highest BCUT2D eigenvalue weighted by atomic mass is 31.2. The molecule has 0 radical (unpaired) electrons. The highest BCUT2D eigenvalue weighted by molar-refractivity contribution is 7.47. The number of rotatable bonds is 37. The molecule has 0 aliphatic carbocycles. The molecule has 0 fully saturated rings. The summed E-state index contributed by atoms with van der Waals surface area (Å²) in [7, 11) is 1.42. The lowest BCUT2D eigenvalue weighted by Gasteiger charge is -2.24. The van der Waals surface area contributed by atoms with E-state index in [2.05, 4.69) is 98.9 Å². The van der Waals surface area contributed by atoms with Gasteiger partial charge in [0, 0.05) is 12.8 Å². The number of nitrogens with zero attached hydrogens (tertiary/aromatic N) is 1. The Kier molecular flexibility index (Phi) is 35.9. The molecule has 1 unspecified atom stereocenters. The Morgan fingerprint density at radius 2 is 1.02 bits per heavy atom. The maximum absolute atomic E-state index is 12.7. The topological polar surface area (TPSA) is 108 Å². The first kappa shape index (κ1) is 53.2. The quantitative estimate of drug-likeness (QED) is 0.0217. The van der Waals surface area contributed by atoms with Crippen molar-refractivity contribution < 1.29 is 42.1 Å². The van der Waals surface area contributed by atoms with Crippen molar-refractivity contribution in [1.82, 2.24) is 0 Å². The second-order valence-corrected chi connectivity index (χ2v) is 16.4. The molecule has 0 saturated carbocycles. The molecule has 10 heteroatoms. The Morgan fingerprint density at radius 1 is 0.571 bits per heavy atom. The summed E-state index contributed by atoms with van der Waals surface area (Å²) in [6, 6.07) is 0. The van der Waals surface area contributed by atoms with Crippen LogP contribution in [0.3, 0.4) is 0 Å². The second-order valence-electron chi connectivity index (χ2n) is 15.0. The van der Waals surface area contributed by atoms with Crippen molar-refractivity contribution in [3.63, 3.8) is 0 Å². The largest absolute Gasteiger partial charge is 0.472 e. The Hall–Kier alpha value is -2.81. The predicted octanol–water partition coefficient (Wildman–Crippen LogP) is 12.0. The summed E-state index contributed by atoms with van der Waals surface area (Å²) in [4.78, 5) is 35.3. The second kappa shape index (κ2) is 37.7. The molecule has 0 aliphatic rings. The maximum Gasteiger partial charge on any atom is 0.472 e.